The second-order valence-electron chi connectivity index (χ2n) is 5.85. The summed E-state index contributed by atoms with van der Waals surface area (Å²) < 4.78 is 0. The first-order valence-electron chi connectivity index (χ1n) is 7.47. The first-order chi connectivity index (χ1) is 9.69. The number of amides is 1. The van der Waals surface area contributed by atoms with Gasteiger partial charge in [-0.1, -0.05) is 25.1 Å². The van der Waals surface area contributed by atoms with Gasteiger partial charge in [-0.25, -0.2) is 0 Å². The van der Waals surface area contributed by atoms with Gasteiger partial charge in [0.2, 0.25) is 0 Å². The lowest BCUT2D eigenvalue weighted by atomic mass is 9.99. The third-order valence-corrected chi connectivity index (χ3v) is 4.58. The summed E-state index contributed by atoms with van der Waals surface area (Å²) >= 11 is 0. The van der Waals surface area contributed by atoms with E-state index in [1.807, 2.05) is 24.1 Å². The van der Waals surface area contributed by atoms with E-state index in [9.17, 15) is 4.79 Å². The van der Waals surface area contributed by atoms with Gasteiger partial charge in [0, 0.05) is 24.7 Å². The molecule has 1 heterocycles. The number of hydrogen-bond acceptors (Lipinski definition) is 2. The number of hydrogen-bond donors (Lipinski definition) is 1. The Labute approximate surface area is 120 Å². The van der Waals surface area contributed by atoms with E-state index in [-0.39, 0.29) is 5.91 Å². The topological polar surface area (TPSA) is 32.3 Å². The number of allylic oxidation sites excluding steroid dienone is 1. The maximum Gasteiger partial charge on any atom is 0.253 e. The lowest BCUT2D eigenvalue weighted by Crippen LogP contribution is -2.43. The Kier molecular flexibility index (Phi) is 3.62. The largest absolute Gasteiger partial charge is 0.339 e. The molecule has 0 aromatic heterocycles. The predicted molar refractivity (Wildman–Crippen MR) is 81.9 cm³/mol. The van der Waals surface area contributed by atoms with E-state index < -0.39 is 0 Å². The number of rotatable bonds is 2. The average molecular weight is 270 g/mol. The van der Waals surface area contributed by atoms with Crippen LogP contribution < -0.4 is 5.32 Å². The zero-order chi connectivity index (χ0) is 14.1. The van der Waals surface area contributed by atoms with Crippen molar-refractivity contribution in [1.82, 2.24) is 10.2 Å². The van der Waals surface area contributed by atoms with Crippen molar-refractivity contribution in [3.05, 3.63) is 41.0 Å². The number of carbonyl (C=O) groups excluding carboxylic acids is 1. The second-order valence-corrected chi connectivity index (χ2v) is 5.85. The van der Waals surface area contributed by atoms with Crippen LogP contribution in [0.25, 0.3) is 6.08 Å². The molecule has 2 aliphatic rings. The van der Waals surface area contributed by atoms with Gasteiger partial charge < -0.3 is 10.2 Å². The Morgan fingerprint density at radius 3 is 2.75 bits per heavy atom. The second kappa shape index (κ2) is 5.41. The van der Waals surface area contributed by atoms with Crippen molar-refractivity contribution >= 4 is 12.0 Å². The van der Waals surface area contributed by atoms with E-state index in [0.717, 1.165) is 31.5 Å². The van der Waals surface area contributed by atoms with Crippen LogP contribution in [0.5, 0.6) is 0 Å². The van der Waals surface area contributed by atoms with Gasteiger partial charge in [0.05, 0.1) is 0 Å². The molecule has 1 aliphatic carbocycles. The smallest absolute Gasteiger partial charge is 0.253 e. The van der Waals surface area contributed by atoms with Crippen LogP contribution in [0.15, 0.2) is 24.3 Å². The summed E-state index contributed by atoms with van der Waals surface area (Å²) in [5.74, 6) is 0.649. The van der Waals surface area contributed by atoms with Crippen LogP contribution in [0.1, 0.15) is 47.2 Å². The minimum atomic E-state index is 0.176. The van der Waals surface area contributed by atoms with Crippen LogP contribution in [0.3, 0.4) is 0 Å². The minimum Gasteiger partial charge on any atom is -0.339 e. The number of fused-ring (bicyclic) bond motifs is 1. The highest BCUT2D eigenvalue weighted by atomic mass is 16.2. The summed E-state index contributed by atoms with van der Waals surface area (Å²) in [4.78, 5) is 14.5. The van der Waals surface area contributed by atoms with Crippen molar-refractivity contribution in [1.29, 1.82) is 0 Å². The molecule has 3 rings (SSSR count). The predicted octanol–water partition coefficient (Wildman–Crippen LogP) is 2.64. The highest BCUT2D eigenvalue weighted by molar-refractivity contribution is 5.95. The fourth-order valence-corrected chi connectivity index (χ4v) is 3.17. The molecule has 1 N–H and O–H groups in total. The van der Waals surface area contributed by atoms with E-state index in [1.54, 1.807) is 0 Å². The van der Waals surface area contributed by atoms with Gasteiger partial charge in [-0.05, 0) is 49.1 Å². The molecule has 20 heavy (non-hydrogen) atoms. The van der Waals surface area contributed by atoms with Crippen LogP contribution in [-0.2, 0) is 0 Å². The van der Waals surface area contributed by atoms with Crippen molar-refractivity contribution in [2.24, 2.45) is 0 Å². The Bertz CT molecular complexity index is 542. The first-order valence-corrected chi connectivity index (χ1v) is 7.47. The number of likely N-dealkylation sites (tertiary alicyclic amines) is 1. The molecule has 1 aliphatic heterocycles. The molecule has 0 bridgehead atoms. The van der Waals surface area contributed by atoms with Gasteiger partial charge in [0.25, 0.3) is 5.91 Å². The standard InChI is InChI=1S/C17H22N2O/c1-12-3-4-13-11-14(5-6-16(12)13)17(20)19-9-7-15(18-2)8-10-19/h3-6,11-12,15,18H,7-10H2,1-2H3. The monoisotopic (exact) mass is 270 g/mol. The molecule has 1 aromatic rings. The quantitative estimate of drug-likeness (QED) is 0.896. The molecule has 1 aromatic carbocycles. The molecule has 0 saturated carbocycles. The number of nitrogens with one attached hydrogen (secondary N) is 1. The fraction of sp³-hybridized carbons (Fsp3) is 0.471. The molecule has 106 valence electrons. The Hall–Kier alpha value is -1.61. The molecule has 3 nitrogen and oxygen atoms in total. The van der Waals surface area contributed by atoms with Crippen molar-refractivity contribution in [3.63, 3.8) is 0 Å². The summed E-state index contributed by atoms with van der Waals surface area (Å²) in [5.41, 5.74) is 3.36. The van der Waals surface area contributed by atoms with Crippen LogP contribution in [0.4, 0.5) is 0 Å². The van der Waals surface area contributed by atoms with E-state index in [1.165, 1.54) is 11.1 Å². The highest BCUT2D eigenvalue weighted by Crippen LogP contribution is 2.30. The number of nitrogens with zero attached hydrogens (tertiary/aromatic N) is 1. The summed E-state index contributed by atoms with van der Waals surface area (Å²) in [7, 11) is 2.00. The van der Waals surface area contributed by atoms with Gasteiger partial charge in [0.15, 0.2) is 0 Å². The maximum atomic E-state index is 12.6. The maximum absolute atomic E-state index is 12.6. The summed E-state index contributed by atoms with van der Waals surface area (Å²) in [6.07, 6.45) is 6.41. The lowest BCUT2D eigenvalue weighted by Gasteiger charge is -2.32. The minimum absolute atomic E-state index is 0.176. The van der Waals surface area contributed by atoms with Crippen molar-refractivity contribution in [2.45, 2.75) is 31.7 Å². The third-order valence-electron chi connectivity index (χ3n) is 4.58. The van der Waals surface area contributed by atoms with Crippen molar-refractivity contribution < 1.29 is 4.79 Å². The van der Waals surface area contributed by atoms with Gasteiger partial charge in [-0.15, -0.1) is 0 Å². The molecule has 1 saturated heterocycles. The van der Waals surface area contributed by atoms with Gasteiger partial charge in [0.1, 0.15) is 0 Å². The van der Waals surface area contributed by atoms with Crippen LogP contribution in [-0.4, -0.2) is 37.0 Å². The Morgan fingerprint density at radius 1 is 1.30 bits per heavy atom. The van der Waals surface area contributed by atoms with E-state index >= 15 is 0 Å². The third kappa shape index (κ3) is 2.38. The Balaban J connectivity index is 1.74. The van der Waals surface area contributed by atoms with Gasteiger partial charge in [-0.2, -0.15) is 0 Å². The molecular formula is C17H22N2O. The molecule has 1 fully saturated rings. The zero-order valence-electron chi connectivity index (χ0n) is 12.2. The van der Waals surface area contributed by atoms with E-state index in [0.29, 0.717) is 12.0 Å². The van der Waals surface area contributed by atoms with Crippen LogP contribution >= 0.6 is 0 Å². The van der Waals surface area contributed by atoms with Crippen molar-refractivity contribution in [2.75, 3.05) is 20.1 Å². The Morgan fingerprint density at radius 2 is 2.05 bits per heavy atom. The number of piperidine rings is 1. The van der Waals surface area contributed by atoms with E-state index in [4.69, 9.17) is 0 Å². The molecule has 0 spiro atoms. The highest BCUT2D eigenvalue weighted by Gasteiger charge is 2.23. The van der Waals surface area contributed by atoms with E-state index in [2.05, 4.69) is 30.5 Å². The molecule has 1 amide bonds. The normalized spacial score (nSPS) is 22.1. The summed E-state index contributed by atoms with van der Waals surface area (Å²) in [6, 6.07) is 6.69. The summed E-state index contributed by atoms with van der Waals surface area (Å²) in [5, 5.41) is 3.29. The summed E-state index contributed by atoms with van der Waals surface area (Å²) in [6.45, 7) is 3.90. The van der Waals surface area contributed by atoms with Crippen molar-refractivity contribution in [3.8, 4) is 0 Å². The zero-order valence-corrected chi connectivity index (χ0v) is 12.2. The lowest BCUT2D eigenvalue weighted by molar-refractivity contribution is 0.0707. The molecule has 1 unspecified atom stereocenters. The first kappa shape index (κ1) is 13.4. The van der Waals surface area contributed by atoms with Gasteiger partial charge in [-0.3, -0.25) is 4.79 Å². The fourth-order valence-electron chi connectivity index (χ4n) is 3.17. The SMILES string of the molecule is CNC1CCN(C(=O)c2ccc3c(c2)C=CC3C)CC1. The van der Waals surface area contributed by atoms with Gasteiger partial charge >= 0.3 is 0 Å². The number of carbonyl (C=O) groups is 1. The van der Waals surface area contributed by atoms with Crippen LogP contribution in [0.2, 0.25) is 0 Å². The molecular weight excluding hydrogens is 248 g/mol. The average Bonchev–Trinajstić information content (AvgIpc) is 2.87. The molecule has 1 atom stereocenters. The molecule has 3 heteroatoms. The molecule has 0 radical (unpaired) electrons. The number of benzene rings is 1. The van der Waals surface area contributed by atoms with Crippen LogP contribution in [0, 0.1) is 0 Å².